The number of nitrogens with zero attached hydrogens (tertiary/aromatic N) is 2. The van der Waals surface area contributed by atoms with E-state index in [0.717, 1.165) is 19.5 Å². The van der Waals surface area contributed by atoms with Crippen LogP contribution in [0.4, 0.5) is 5.69 Å². The van der Waals surface area contributed by atoms with Crippen LogP contribution in [-0.4, -0.2) is 30.9 Å². The zero-order valence-corrected chi connectivity index (χ0v) is 10.9. The predicted molar refractivity (Wildman–Crippen MR) is 72.2 cm³/mol. The van der Waals surface area contributed by atoms with Crippen molar-refractivity contribution in [3.05, 3.63) is 29.8 Å². The maximum atomic E-state index is 11.7. The van der Waals surface area contributed by atoms with E-state index >= 15 is 0 Å². The highest BCUT2D eigenvalue weighted by Gasteiger charge is 2.07. The fraction of sp³-hybridized carbons (Fsp3) is 0.429. The highest BCUT2D eigenvalue weighted by Crippen LogP contribution is 2.13. The Morgan fingerprint density at radius 1 is 1.39 bits per heavy atom. The maximum Gasteiger partial charge on any atom is 0.225 e. The quantitative estimate of drug-likeness (QED) is 0.836. The SMILES string of the molecule is CCCN(C)CCC(=O)Nc1ccccc1C#N. The summed E-state index contributed by atoms with van der Waals surface area (Å²) in [6.07, 6.45) is 1.52. The van der Waals surface area contributed by atoms with Gasteiger partial charge in [-0.25, -0.2) is 0 Å². The van der Waals surface area contributed by atoms with Gasteiger partial charge in [0.05, 0.1) is 11.3 Å². The zero-order valence-electron chi connectivity index (χ0n) is 10.9. The van der Waals surface area contributed by atoms with E-state index in [9.17, 15) is 4.79 Å². The van der Waals surface area contributed by atoms with E-state index in [1.165, 1.54) is 0 Å². The van der Waals surface area contributed by atoms with E-state index in [1.54, 1.807) is 24.3 Å². The number of benzene rings is 1. The molecule has 0 spiro atoms. The van der Waals surface area contributed by atoms with Gasteiger partial charge in [-0.05, 0) is 32.1 Å². The van der Waals surface area contributed by atoms with Crippen LogP contribution >= 0.6 is 0 Å². The number of rotatable bonds is 6. The fourth-order valence-corrected chi connectivity index (χ4v) is 1.69. The highest BCUT2D eigenvalue weighted by atomic mass is 16.1. The molecular formula is C14H19N3O. The maximum absolute atomic E-state index is 11.7. The van der Waals surface area contributed by atoms with Gasteiger partial charge < -0.3 is 10.2 Å². The first kappa shape index (κ1) is 14.2. The highest BCUT2D eigenvalue weighted by molar-refractivity contribution is 5.92. The summed E-state index contributed by atoms with van der Waals surface area (Å²) in [5.74, 6) is -0.0550. The van der Waals surface area contributed by atoms with Crippen LogP contribution in [0.1, 0.15) is 25.3 Å². The molecule has 0 saturated carbocycles. The Morgan fingerprint density at radius 3 is 2.78 bits per heavy atom. The lowest BCUT2D eigenvalue weighted by Gasteiger charge is -2.15. The number of amides is 1. The van der Waals surface area contributed by atoms with Crippen molar-refractivity contribution >= 4 is 11.6 Å². The third-order valence-electron chi connectivity index (χ3n) is 2.65. The van der Waals surface area contributed by atoms with Crippen LogP contribution < -0.4 is 5.32 Å². The van der Waals surface area contributed by atoms with E-state index in [0.29, 0.717) is 17.7 Å². The lowest BCUT2D eigenvalue weighted by molar-refractivity contribution is -0.116. The van der Waals surface area contributed by atoms with Gasteiger partial charge in [-0.1, -0.05) is 19.1 Å². The molecule has 0 radical (unpaired) electrons. The van der Waals surface area contributed by atoms with Gasteiger partial charge in [0.1, 0.15) is 6.07 Å². The second-order valence-electron chi connectivity index (χ2n) is 4.26. The molecule has 0 bridgehead atoms. The summed E-state index contributed by atoms with van der Waals surface area (Å²) in [7, 11) is 2.00. The lowest BCUT2D eigenvalue weighted by Crippen LogP contribution is -2.25. The molecule has 1 rings (SSSR count). The van der Waals surface area contributed by atoms with Crippen LogP contribution in [0.2, 0.25) is 0 Å². The average molecular weight is 245 g/mol. The molecule has 0 aromatic heterocycles. The van der Waals surface area contributed by atoms with Gasteiger partial charge in [-0.3, -0.25) is 4.79 Å². The van der Waals surface area contributed by atoms with E-state index in [-0.39, 0.29) is 5.91 Å². The van der Waals surface area contributed by atoms with Crippen molar-refractivity contribution in [2.24, 2.45) is 0 Å². The number of nitrogens with one attached hydrogen (secondary N) is 1. The summed E-state index contributed by atoms with van der Waals surface area (Å²) in [5.41, 5.74) is 1.08. The van der Waals surface area contributed by atoms with Crippen molar-refractivity contribution in [2.75, 3.05) is 25.5 Å². The molecular weight excluding hydrogens is 226 g/mol. The second-order valence-corrected chi connectivity index (χ2v) is 4.26. The Labute approximate surface area is 108 Å². The van der Waals surface area contributed by atoms with Crippen molar-refractivity contribution in [1.29, 1.82) is 5.26 Å². The molecule has 0 saturated heterocycles. The summed E-state index contributed by atoms with van der Waals surface area (Å²) in [4.78, 5) is 13.9. The van der Waals surface area contributed by atoms with Gasteiger partial charge in [-0.2, -0.15) is 5.26 Å². The molecule has 0 atom stereocenters. The molecule has 0 unspecified atom stereocenters. The monoisotopic (exact) mass is 245 g/mol. The third kappa shape index (κ3) is 4.56. The standard InChI is InChI=1S/C14H19N3O/c1-3-9-17(2)10-8-14(18)16-13-7-5-4-6-12(13)11-15/h4-7H,3,8-10H2,1-2H3,(H,16,18). The molecule has 0 aliphatic carbocycles. The summed E-state index contributed by atoms with van der Waals surface area (Å²) in [5, 5.41) is 11.7. The number of nitriles is 1. The van der Waals surface area contributed by atoms with Gasteiger partial charge in [0.25, 0.3) is 0 Å². The van der Waals surface area contributed by atoms with Crippen LogP contribution in [-0.2, 0) is 4.79 Å². The molecule has 4 heteroatoms. The smallest absolute Gasteiger partial charge is 0.225 e. The van der Waals surface area contributed by atoms with Crippen LogP contribution in [0.25, 0.3) is 0 Å². The normalized spacial score (nSPS) is 10.1. The summed E-state index contributed by atoms with van der Waals surface area (Å²) in [6.45, 7) is 3.83. The van der Waals surface area contributed by atoms with Gasteiger partial charge in [0.15, 0.2) is 0 Å². The number of hydrogen-bond acceptors (Lipinski definition) is 3. The number of hydrogen-bond donors (Lipinski definition) is 1. The Morgan fingerprint density at radius 2 is 2.11 bits per heavy atom. The number of anilines is 1. The summed E-state index contributed by atoms with van der Waals surface area (Å²) >= 11 is 0. The van der Waals surface area contributed by atoms with Crippen molar-refractivity contribution in [2.45, 2.75) is 19.8 Å². The molecule has 0 aliphatic rings. The van der Waals surface area contributed by atoms with Gasteiger partial charge in [0.2, 0.25) is 5.91 Å². The molecule has 0 heterocycles. The Kier molecular flexibility index (Phi) is 5.89. The largest absolute Gasteiger partial charge is 0.325 e. The van der Waals surface area contributed by atoms with E-state index in [4.69, 9.17) is 5.26 Å². The molecule has 1 N–H and O–H groups in total. The van der Waals surface area contributed by atoms with Crippen molar-refractivity contribution in [3.8, 4) is 6.07 Å². The summed E-state index contributed by atoms with van der Waals surface area (Å²) < 4.78 is 0. The van der Waals surface area contributed by atoms with Gasteiger partial charge >= 0.3 is 0 Å². The molecule has 1 aromatic rings. The van der Waals surface area contributed by atoms with E-state index in [2.05, 4.69) is 23.2 Å². The van der Waals surface area contributed by atoms with Crippen molar-refractivity contribution in [1.82, 2.24) is 4.90 Å². The van der Waals surface area contributed by atoms with Crippen LogP contribution in [0, 0.1) is 11.3 Å². The fourth-order valence-electron chi connectivity index (χ4n) is 1.69. The van der Waals surface area contributed by atoms with E-state index in [1.807, 2.05) is 7.05 Å². The Hall–Kier alpha value is -1.86. The van der Waals surface area contributed by atoms with Gasteiger partial charge in [0, 0.05) is 13.0 Å². The van der Waals surface area contributed by atoms with Crippen LogP contribution in [0.15, 0.2) is 24.3 Å². The van der Waals surface area contributed by atoms with E-state index < -0.39 is 0 Å². The Balaban J connectivity index is 2.48. The zero-order chi connectivity index (χ0) is 13.4. The molecule has 0 aliphatic heterocycles. The average Bonchev–Trinajstić information content (AvgIpc) is 2.37. The minimum Gasteiger partial charge on any atom is -0.325 e. The minimum atomic E-state index is -0.0550. The first-order chi connectivity index (χ1) is 8.67. The van der Waals surface area contributed by atoms with Crippen LogP contribution in [0.5, 0.6) is 0 Å². The molecule has 18 heavy (non-hydrogen) atoms. The third-order valence-corrected chi connectivity index (χ3v) is 2.65. The number of carbonyl (C=O) groups is 1. The number of carbonyl (C=O) groups excluding carboxylic acids is 1. The molecule has 1 amide bonds. The lowest BCUT2D eigenvalue weighted by atomic mass is 10.2. The molecule has 1 aromatic carbocycles. The summed E-state index contributed by atoms with van der Waals surface area (Å²) in [6, 6.07) is 9.08. The number of para-hydroxylation sites is 1. The first-order valence-electron chi connectivity index (χ1n) is 6.15. The van der Waals surface area contributed by atoms with Crippen molar-refractivity contribution in [3.63, 3.8) is 0 Å². The second kappa shape index (κ2) is 7.46. The predicted octanol–water partition coefficient (Wildman–Crippen LogP) is 2.23. The minimum absolute atomic E-state index is 0.0550. The van der Waals surface area contributed by atoms with Crippen molar-refractivity contribution < 1.29 is 4.79 Å². The molecule has 4 nitrogen and oxygen atoms in total. The van der Waals surface area contributed by atoms with Crippen LogP contribution in [0.3, 0.4) is 0 Å². The Bertz CT molecular complexity index is 437. The topological polar surface area (TPSA) is 56.1 Å². The van der Waals surface area contributed by atoms with Gasteiger partial charge in [-0.15, -0.1) is 0 Å². The molecule has 96 valence electrons. The first-order valence-corrected chi connectivity index (χ1v) is 6.15. The molecule has 0 fully saturated rings.